The van der Waals surface area contributed by atoms with Crippen LogP contribution < -0.4 is 15.4 Å². The van der Waals surface area contributed by atoms with Crippen LogP contribution in [0.25, 0.3) is 21.3 Å². The van der Waals surface area contributed by atoms with Crippen LogP contribution in [-0.2, 0) is 36.8 Å². The number of aliphatic hydroxyl groups excluding tert-OH is 1. The van der Waals surface area contributed by atoms with Crippen LogP contribution >= 0.6 is 11.3 Å². The second-order valence-corrected chi connectivity index (χ2v) is 21.4. The zero-order chi connectivity index (χ0) is 52.1. The van der Waals surface area contributed by atoms with Gasteiger partial charge in [-0.15, -0.1) is 11.3 Å². The third-order valence-corrected chi connectivity index (χ3v) is 14.0. The average molecular weight is 1030 g/mol. The van der Waals surface area contributed by atoms with Gasteiger partial charge in [-0.3, -0.25) is 19.3 Å². The first kappa shape index (κ1) is 54.3. The SMILES string of the molecule is Cc1ncsc1-c1ccc(CNC(=O)[C@@H]2C[C@@H](O)CN2C(=O)C(NC(=O)COCCOCCC(F)(F)CCOc2cc(F)c([C@@H]3c4[nH]c5ccccc5c4C[C@@H](C)N3CC(C)(C)F)c(F)c2)C(C)(C)C)cc1. The van der Waals surface area contributed by atoms with E-state index >= 15 is 13.2 Å². The van der Waals surface area contributed by atoms with E-state index in [0.29, 0.717) is 12.1 Å². The number of alkyl halides is 3. The summed E-state index contributed by atoms with van der Waals surface area (Å²) in [6, 6.07) is 13.9. The van der Waals surface area contributed by atoms with E-state index in [1.54, 1.807) is 42.5 Å². The Kier molecular flexibility index (Phi) is 17.2. The highest BCUT2D eigenvalue weighted by Gasteiger charge is 2.45. The summed E-state index contributed by atoms with van der Waals surface area (Å²) >= 11 is 1.54. The van der Waals surface area contributed by atoms with E-state index in [4.69, 9.17) is 14.2 Å². The fraction of sp³-hybridized carbons (Fsp3) is 0.509. The lowest BCUT2D eigenvalue weighted by molar-refractivity contribution is -0.144. The van der Waals surface area contributed by atoms with Crippen molar-refractivity contribution in [1.82, 2.24) is 30.4 Å². The summed E-state index contributed by atoms with van der Waals surface area (Å²) < 4.78 is 93.2. The van der Waals surface area contributed by atoms with E-state index in [9.17, 15) is 28.3 Å². The maximum Gasteiger partial charge on any atom is 0.253 e. The Bertz CT molecular complexity index is 2660. The van der Waals surface area contributed by atoms with Crippen LogP contribution in [0.3, 0.4) is 0 Å². The lowest BCUT2D eigenvalue weighted by Gasteiger charge is -2.43. The summed E-state index contributed by atoms with van der Waals surface area (Å²) in [6.07, 6.45) is -1.83. The molecule has 0 spiro atoms. The molecule has 5 aromatic rings. The number of aromatic amines is 1. The molecule has 1 saturated heterocycles. The maximum atomic E-state index is 16.0. The van der Waals surface area contributed by atoms with Gasteiger partial charge in [-0.1, -0.05) is 63.2 Å². The number of carbonyl (C=O) groups is 3. The van der Waals surface area contributed by atoms with Crippen LogP contribution in [0.5, 0.6) is 5.75 Å². The largest absolute Gasteiger partial charge is 0.493 e. The molecule has 5 atom stereocenters. The van der Waals surface area contributed by atoms with Gasteiger partial charge in [-0.2, -0.15) is 0 Å². The standard InChI is InChI=1S/C53H65F5N6O7S/c1-31-22-38-37-10-8-9-11-41(37)61-45(38)46(64(31)29-52(6,7)56)44-39(54)24-36(25-40(44)55)71-19-17-53(57,58)16-18-69-20-21-70-28-43(66)62-48(51(3,4)5)50(68)63-27-35(65)23-42(63)49(67)59-26-33-12-14-34(15-13-33)47-32(2)60-30-72-47/h8-15,24-25,30-31,35,42,46,48,61,65H,16-23,26-29H2,1-7H3,(H,59,67)(H,62,66)/t31-,35-,42+,46-,48?/m1/s1. The number of β-amino-alcohol motifs (C(OH)–C–C–N with tert-alkyl or cyclic N) is 1. The fourth-order valence-electron chi connectivity index (χ4n) is 9.44. The number of fused-ring (bicyclic) bond motifs is 3. The van der Waals surface area contributed by atoms with Crippen molar-refractivity contribution >= 4 is 40.0 Å². The molecule has 2 aliphatic heterocycles. The number of carbonyl (C=O) groups excluding carboxylic acids is 3. The average Bonchev–Trinajstić information content (AvgIpc) is 4.03. The van der Waals surface area contributed by atoms with E-state index in [2.05, 4.69) is 20.6 Å². The zero-order valence-electron chi connectivity index (χ0n) is 41.8. The number of aliphatic hydroxyl groups is 1. The molecule has 2 aliphatic rings. The second-order valence-electron chi connectivity index (χ2n) is 20.5. The van der Waals surface area contributed by atoms with Crippen molar-refractivity contribution in [3.63, 3.8) is 0 Å². The van der Waals surface area contributed by atoms with Crippen molar-refractivity contribution in [1.29, 1.82) is 0 Å². The predicted molar refractivity (Wildman–Crippen MR) is 265 cm³/mol. The van der Waals surface area contributed by atoms with E-state index in [0.717, 1.165) is 50.3 Å². The molecule has 7 rings (SSSR count). The van der Waals surface area contributed by atoms with Crippen molar-refractivity contribution in [3.8, 4) is 16.2 Å². The molecule has 13 nitrogen and oxygen atoms in total. The fourth-order valence-corrected chi connectivity index (χ4v) is 10.2. The summed E-state index contributed by atoms with van der Waals surface area (Å²) in [4.78, 5) is 52.1. The smallest absolute Gasteiger partial charge is 0.253 e. The summed E-state index contributed by atoms with van der Waals surface area (Å²) in [5.74, 6) is -7.02. The van der Waals surface area contributed by atoms with Gasteiger partial charge in [0.2, 0.25) is 17.7 Å². The number of nitrogens with zero attached hydrogens (tertiary/aromatic N) is 3. The van der Waals surface area contributed by atoms with Gasteiger partial charge in [0, 0.05) is 79.2 Å². The summed E-state index contributed by atoms with van der Waals surface area (Å²) in [6.45, 7) is 10.3. The molecule has 0 saturated carbocycles. The normalized spacial score (nSPS) is 19.1. The molecule has 1 unspecified atom stereocenters. The lowest BCUT2D eigenvalue weighted by atomic mass is 9.85. The Labute approximate surface area is 420 Å². The Balaban J connectivity index is 0.836. The number of para-hydroxylation sites is 1. The number of halogens is 5. The quantitative estimate of drug-likeness (QED) is 0.0418. The van der Waals surface area contributed by atoms with Gasteiger partial charge in [0.05, 0.1) is 54.7 Å². The van der Waals surface area contributed by atoms with E-state index in [1.165, 1.54) is 18.7 Å². The molecule has 390 valence electrons. The number of aromatic nitrogens is 2. The first-order valence-electron chi connectivity index (χ1n) is 24.2. The second kappa shape index (κ2) is 22.7. The highest BCUT2D eigenvalue weighted by molar-refractivity contribution is 7.13. The Hall–Kier alpha value is -5.47. The van der Waals surface area contributed by atoms with Crippen LogP contribution in [-0.4, -0.2) is 125 Å². The van der Waals surface area contributed by atoms with Gasteiger partial charge >= 0.3 is 0 Å². The summed E-state index contributed by atoms with van der Waals surface area (Å²) in [5.41, 5.74) is 4.06. The molecule has 2 aromatic heterocycles. The molecule has 0 bridgehead atoms. The van der Waals surface area contributed by atoms with Crippen molar-refractivity contribution in [2.24, 2.45) is 5.41 Å². The first-order chi connectivity index (χ1) is 34.0. The number of likely N-dealkylation sites (tertiary alicyclic amines) is 1. The number of H-pyrrole nitrogens is 1. The summed E-state index contributed by atoms with van der Waals surface area (Å²) in [5, 5.41) is 17.0. The van der Waals surface area contributed by atoms with Crippen LogP contribution in [0.2, 0.25) is 0 Å². The van der Waals surface area contributed by atoms with E-state index in [1.807, 2.05) is 62.4 Å². The van der Waals surface area contributed by atoms with Gasteiger partial charge in [0.25, 0.3) is 5.92 Å². The molecule has 1 fully saturated rings. The molecule has 72 heavy (non-hydrogen) atoms. The minimum absolute atomic E-state index is 0.0310. The summed E-state index contributed by atoms with van der Waals surface area (Å²) in [7, 11) is 0. The Morgan fingerprint density at radius 3 is 2.29 bits per heavy atom. The van der Waals surface area contributed by atoms with E-state index in [-0.39, 0.29) is 63.2 Å². The van der Waals surface area contributed by atoms with Crippen LogP contribution in [0.1, 0.15) is 94.9 Å². The molecule has 3 aromatic carbocycles. The first-order valence-corrected chi connectivity index (χ1v) is 25.1. The number of nitrogens with one attached hydrogen (secondary N) is 3. The van der Waals surface area contributed by atoms with Crippen molar-refractivity contribution in [3.05, 3.63) is 106 Å². The Morgan fingerprint density at radius 2 is 1.62 bits per heavy atom. The number of amides is 3. The molecule has 4 N–H and O–H groups in total. The van der Waals surface area contributed by atoms with Crippen molar-refractivity contribution < 1.29 is 55.7 Å². The third-order valence-electron chi connectivity index (χ3n) is 13.1. The lowest BCUT2D eigenvalue weighted by Crippen LogP contribution is -2.58. The van der Waals surface area contributed by atoms with Gasteiger partial charge < -0.3 is 39.8 Å². The van der Waals surface area contributed by atoms with Crippen LogP contribution in [0.4, 0.5) is 22.0 Å². The number of hydrogen-bond donors (Lipinski definition) is 4. The predicted octanol–water partition coefficient (Wildman–Crippen LogP) is 8.60. The Morgan fingerprint density at radius 1 is 0.944 bits per heavy atom. The molecule has 0 aliphatic carbocycles. The highest BCUT2D eigenvalue weighted by Crippen LogP contribution is 2.44. The third kappa shape index (κ3) is 13.4. The minimum atomic E-state index is -3.25. The minimum Gasteiger partial charge on any atom is -0.493 e. The van der Waals surface area contributed by atoms with Gasteiger partial charge in [0.1, 0.15) is 41.7 Å². The van der Waals surface area contributed by atoms with Crippen molar-refractivity contribution in [2.75, 3.05) is 46.1 Å². The number of ether oxygens (including phenoxy) is 3. The monoisotopic (exact) mass is 1020 g/mol. The van der Waals surface area contributed by atoms with Gasteiger partial charge in [-0.25, -0.2) is 26.9 Å². The molecule has 19 heteroatoms. The van der Waals surface area contributed by atoms with Gasteiger partial charge in [0.15, 0.2) is 0 Å². The topological polar surface area (TPSA) is 158 Å². The maximum absolute atomic E-state index is 16.0. The molecule has 3 amide bonds. The number of benzene rings is 3. The van der Waals surface area contributed by atoms with Crippen LogP contribution in [0.15, 0.2) is 66.2 Å². The van der Waals surface area contributed by atoms with Crippen molar-refractivity contribution in [2.45, 2.75) is 123 Å². The number of hydrogen-bond acceptors (Lipinski definition) is 10. The van der Waals surface area contributed by atoms with Gasteiger partial charge in [-0.05, 0) is 62.3 Å². The highest BCUT2D eigenvalue weighted by atomic mass is 32.1. The molecular formula is C53H65F5N6O7S. The number of thiazole rings is 1. The number of aryl methyl sites for hydroxylation is 1. The van der Waals surface area contributed by atoms with Crippen LogP contribution in [0, 0.1) is 24.0 Å². The van der Waals surface area contributed by atoms with E-state index < -0.39 is 96.6 Å². The molecular weight excluding hydrogens is 960 g/mol. The molecule has 4 heterocycles. The molecule has 0 radical (unpaired) electrons. The zero-order valence-corrected chi connectivity index (χ0v) is 42.6. The number of rotatable bonds is 21.